The molecule has 12 heteroatoms. The molecular weight excluding hydrogens is 589 g/mol. The average molecular weight is 623 g/mol. The van der Waals surface area contributed by atoms with Crippen LogP contribution in [0.3, 0.4) is 0 Å². The highest BCUT2D eigenvalue weighted by molar-refractivity contribution is 7.92. The van der Waals surface area contributed by atoms with E-state index in [1.807, 2.05) is 13.8 Å². The smallest absolute Gasteiger partial charge is 0.264 e. The van der Waals surface area contributed by atoms with Gasteiger partial charge < -0.3 is 19.7 Å². The molecule has 0 heterocycles. The molecule has 41 heavy (non-hydrogen) atoms. The van der Waals surface area contributed by atoms with E-state index in [-0.39, 0.29) is 34.8 Å². The fourth-order valence-electron chi connectivity index (χ4n) is 4.04. The van der Waals surface area contributed by atoms with Gasteiger partial charge in [0.1, 0.15) is 12.6 Å². The summed E-state index contributed by atoms with van der Waals surface area (Å²) in [6.45, 7) is 4.58. The van der Waals surface area contributed by atoms with Crippen molar-refractivity contribution in [3.63, 3.8) is 0 Å². The largest absolute Gasteiger partial charge is 0.493 e. The second kappa shape index (κ2) is 13.9. The first-order valence-corrected chi connectivity index (χ1v) is 14.9. The molecule has 9 nitrogen and oxygen atoms in total. The number of carbonyl (C=O) groups is 2. The lowest BCUT2D eigenvalue weighted by Crippen LogP contribution is -2.52. The minimum Gasteiger partial charge on any atom is -0.493 e. The Balaban J connectivity index is 2.08. The number of amides is 2. The number of sulfonamides is 1. The average Bonchev–Trinajstić information content (AvgIpc) is 2.94. The summed E-state index contributed by atoms with van der Waals surface area (Å²) < 4.78 is 39.6. The molecule has 0 spiro atoms. The Labute approximate surface area is 251 Å². The Morgan fingerprint density at radius 1 is 0.902 bits per heavy atom. The first-order chi connectivity index (χ1) is 19.4. The van der Waals surface area contributed by atoms with Gasteiger partial charge in [-0.3, -0.25) is 13.9 Å². The molecular formula is C29H33Cl2N3O6S. The summed E-state index contributed by atoms with van der Waals surface area (Å²) in [6, 6.07) is 16.1. The number of carbonyl (C=O) groups excluding carboxylic acids is 2. The highest BCUT2D eigenvalue weighted by Crippen LogP contribution is 2.33. The Kier molecular flexibility index (Phi) is 10.9. The Bertz CT molecular complexity index is 1480. The zero-order valence-corrected chi connectivity index (χ0v) is 25.8. The molecule has 3 aromatic carbocycles. The van der Waals surface area contributed by atoms with Gasteiger partial charge in [-0.25, -0.2) is 8.42 Å². The van der Waals surface area contributed by atoms with Crippen molar-refractivity contribution in [3.8, 4) is 11.5 Å². The highest BCUT2D eigenvalue weighted by atomic mass is 35.5. The van der Waals surface area contributed by atoms with Gasteiger partial charge in [-0.05, 0) is 68.8 Å². The van der Waals surface area contributed by atoms with Crippen LogP contribution >= 0.6 is 23.2 Å². The maximum absolute atomic E-state index is 14.0. The number of nitrogens with zero attached hydrogens (tertiary/aromatic N) is 2. The predicted molar refractivity (Wildman–Crippen MR) is 160 cm³/mol. The van der Waals surface area contributed by atoms with E-state index in [4.69, 9.17) is 32.7 Å². The topological polar surface area (TPSA) is 105 Å². The van der Waals surface area contributed by atoms with Gasteiger partial charge in [-0.2, -0.15) is 0 Å². The number of benzene rings is 3. The maximum Gasteiger partial charge on any atom is 0.264 e. The number of hydrogen-bond donors (Lipinski definition) is 1. The summed E-state index contributed by atoms with van der Waals surface area (Å²) in [4.78, 5) is 28.2. The molecule has 0 fully saturated rings. The molecule has 3 aromatic rings. The highest BCUT2D eigenvalue weighted by Gasteiger charge is 2.33. The SMILES string of the molecule is COc1ccc(S(=O)(=O)N(CC(=O)N(Cc2ccccc2Cl)[C@H](C)C(=O)NC(C)C)c2ccc(Cl)cc2)cc1OC. The standard InChI is InChI=1S/C29H33Cl2N3O6S/c1-19(2)32-29(36)20(3)33(17-21-8-6-7-9-25(21)31)28(35)18-34(23-12-10-22(30)11-13-23)41(37,38)24-14-15-26(39-4)27(16-24)40-5/h6-16,19-20H,17-18H2,1-5H3,(H,32,36)/t20-/m1/s1. The number of methoxy groups -OCH3 is 2. The van der Waals surface area contributed by atoms with Crippen LogP contribution in [0.15, 0.2) is 71.6 Å². The van der Waals surface area contributed by atoms with Crippen molar-refractivity contribution in [2.75, 3.05) is 25.1 Å². The lowest BCUT2D eigenvalue weighted by molar-refractivity contribution is -0.139. The summed E-state index contributed by atoms with van der Waals surface area (Å²) >= 11 is 12.5. The second-order valence-corrected chi connectivity index (χ2v) is 12.2. The van der Waals surface area contributed by atoms with E-state index in [2.05, 4.69) is 5.32 Å². The fourth-order valence-corrected chi connectivity index (χ4v) is 5.79. The second-order valence-electron chi connectivity index (χ2n) is 9.46. The molecule has 0 saturated carbocycles. The third-order valence-electron chi connectivity index (χ3n) is 6.23. The van der Waals surface area contributed by atoms with E-state index in [1.54, 1.807) is 31.2 Å². The van der Waals surface area contributed by atoms with Crippen molar-refractivity contribution in [3.05, 3.63) is 82.3 Å². The van der Waals surface area contributed by atoms with Crippen LogP contribution in [0.1, 0.15) is 26.3 Å². The van der Waals surface area contributed by atoms with E-state index < -0.39 is 28.5 Å². The van der Waals surface area contributed by atoms with Crippen LogP contribution in [0.25, 0.3) is 0 Å². The van der Waals surface area contributed by atoms with Gasteiger partial charge in [0.2, 0.25) is 11.8 Å². The number of ether oxygens (including phenoxy) is 2. The minimum absolute atomic E-state index is 0.0178. The van der Waals surface area contributed by atoms with Crippen LogP contribution in [0.2, 0.25) is 10.0 Å². The van der Waals surface area contributed by atoms with Crippen LogP contribution in [0, 0.1) is 0 Å². The molecule has 0 aliphatic heterocycles. The molecule has 2 amide bonds. The Morgan fingerprint density at radius 2 is 1.54 bits per heavy atom. The first kappa shape index (κ1) is 32.0. The third-order valence-corrected chi connectivity index (χ3v) is 8.62. The lowest BCUT2D eigenvalue weighted by atomic mass is 10.1. The summed E-state index contributed by atoms with van der Waals surface area (Å²) in [7, 11) is -1.49. The summed E-state index contributed by atoms with van der Waals surface area (Å²) in [5, 5.41) is 3.61. The minimum atomic E-state index is -4.32. The molecule has 0 aromatic heterocycles. The van der Waals surface area contributed by atoms with E-state index >= 15 is 0 Å². The van der Waals surface area contributed by atoms with Crippen molar-refractivity contribution in [2.45, 2.75) is 44.3 Å². The monoisotopic (exact) mass is 621 g/mol. The predicted octanol–water partition coefficient (Wildman–Crippen LogP) is 5.15. The number of nitrogens with one attached hydrogen (secondary N) is 1. The zero-order valence-electron chi connectivity index (χ0n) is 23.4. The maximum atomic E-state index is 14.0. The quantitative estimate of drug-likeness (QED) is 0.300. The third kappa shape index (κ3) is 7.84. The molecule has 0 bridgehead atoms. The van der Waals surface area contributed by atoms with Crippen LogP contribution in [-0.2, 0) is 26.2 Å². The Morgan fingerprint density at radius 3 is 2.12 bits per heavy atom. The van der Waals surface area contributed by atoms with E-state index in [0.717, 1.165) is 4.31 Å². The molecule has 1 N–H and O–H groups in total. The van der Waals surface area contributed by atoms with Crippen molar-refractivity contribution in [1.29, 1.82) is 0 Å². The summed E-state index contributed by atoms with van der Waals surface area (Å²) in [5.74, 6) is -0.455. The van der Waals surface area contributed by atoms with Gasteiger partial charge in [-0.1, -0.05) is 41.4 Å². The molecule has 0 aliphatic rings. The van der Waals surface area contributed by atoms with Crippen molar-refractivity contribution < 1.29 is 27.5 Å². The lowest BCUT2D eigenvalue weighted by Gasteiger charge is -2.32. The molecule has 0 unspecified atom stereocenters. The number of anilines is 1. The summed E-state index contributed by atoms with van der Waals surface area (Å²) in [5.41, 5.74) is 0.807. The number of hydrogen-bond acceptors (Lipinski definition) is 6. The van der Waals surface area contributed by atoms with Gasteiger partial charge in [0.15, 0.2) is 11.5 Å². The number of rotatable bonds is 12. The van der Waals surface area contributed by atoms with Gasteiger partial charge in [-0.15, -0.1) is 0 Å². The first-order valence-electron chi connectivity index (χ1n) is 12.7. The van der Waals surface area contributed by atoms with Gasteiger partial charge in [0.25, 0.3) is 10.0 Å². The van der Waals surface area contributed by atoms with Crippen LogP contribution in [-0.4, -0.2) is 58.0 Å². The van der Waals surface area contributed by atoms with Crippen LogP contribution < -0.4 is 19.1 Å². The normalized spacial score (nSPS) is 12.0. The van der Waals surface area contributed by atoms with Crippen LogP contribution in [0.5, 0.6) is 11.5 Å². The molecule has 0 radical (unpaired) electrons. The van der Waals surface area contributed by atoms with Gasteiger partial charge in [0, 0.05) is 28.7 Å². The van der Waals surface area contributed by atoms with Crippen molar-refractivity contribution in [2.24, 2.45) is 0 Å². The zero-order chi connectivity index (χ0) is 30.3. The molecule has 1 atom stereocenters. The number of halogens is 2. The molecule has 220 valence electrons. The van der Waals surface area contributed by atoms with Gasteiger partial charge in [0.05, 0.1) is 24.8 Å². The molecule has 0 aliphatic carbocycles. The Hall–Kier alpha value is -3.47. The molecule has 3 rings (SSSR count). The summed E-state index contributed by atoms with van der Waals surface area (Å²) in [6.07, 6.45) is 0. The van der Waals surface area contributed by atoms with E-state index in [1.165, 1.54) is 61.6 Å². The van der Waals surface area contributed by atoms with Crippen molar-refractivity contribution in [1.82, 2.24) is 10.2 Å². The van der Waals surface area contributed by atoms with Crippen LogP contribution in [0.4, 0.5) is 5.69 Å². The van der Waals surface area contributed by atoms with Crippen molar-refractivity contribution >= 4 is 50.7 Å². The van der Waals surface area contributed by atoms with Gasteiger partial charge >= 0.3 is 0 Å². The van der Waals surface area contributed by atoms with E-state index in [9.17, 15) is 18.0 Å². The molecule has 0 saturated heterocycles. The fraction of sp³-hybridized carbons (Fsp3) is 0.310. The van der Waals surface area contributed by atoms with E-state index in [0.29, 0.717) is 21.4 Å².